The number of anilines is 1. The number of ether oxygens (including phenoxy) is 1. The first-order valence-electron chi connectivity index (χ1n) is 6.50. The summed E-state index contributed by atoms with van der Waals surface area (Å²) in [6.07, 6.45) is 0.375. The minimum atomic E-state index is -0.953. The Morgan fingerprint density at radius 1 is 1.19 bits per heavy atom. The van der Waals surface area contributed by atoms with Gasteiger partial charge in [-0.05, 0) is 29.3 Å². The quantitative estimate of drug-likeness (QED) is 0.903. The van der Waals surface area contributed by atoms with Crippen molar-refractivity contribution in [3.63, 3.8) is 0 Å². The summed E-state index contributed by atoms with van der Waals surface area (Å²) in [4.78, 5) is 22.2. The van der Waals surface area contributed by atoms with Crippen LogP contribution in [0.1, 0.15) is 21.5 Å². The lowest BCUT2D eigenvalue weighted by Crippen LogP contribution is -2.05. The molecule has 21 heavy (non-hydrogen) atoms. The molecule has 0 fully saturated rings. The van der Waals surface area contributed by atoms with E-state index in [1.165, 1.54) is 12.1 Å². The summed E-state index contributed by atoms with van der Waals surface area (Å²) in [6, 6.07) is 12.0. The van der Waals surface area contributed by atoms with Gasteiger partial charge in [-0.1, -0.05) is 24.3 Å². The van der Waals surface area contributed by atoms with Gasteiger partial charge >= 0.3 is 5.97 Å². The number of para-hydroxylation sites is 1. The number of rotatable bonds is 4. The zero-order chi connectivity index (χ0) is 14.8. The van der Waals surface area contributed by atoms with Crippen LogP contribution in [0, 0.1) is 0 Å². The Balaban J connectivity index is 1.73. The zero-order valence-electron chi connectivity index (χ0n) is 11.1. The smallest absolute Gasteiger partial charge is 0.335 e. The molecule has 0 bridgehead atoms. The molecule has 5 nitrogen and oxygen atoms in total. The number of fused-ring (bicyclic) bond motifs is 1. The predicted octanol–water partition coefficient (Wildman–Crippen LogP) is 2.46. The maximum atomic E-state index is 11.4. The fourth-order valence-electron chi connectivity index (χ4n) is 2.25. The topological polar surface area (TPSA) is 75.6 Å². The standard InChI is InChI=1S/C16H13NO4/c18-14-8-12-2-1-3-13(15(12)17-14)21-9-10-4-6-11(7-5-10)16(19)20/h1-7H,8-9H2,(H,17,18)(H,19,20). The zero-order valence-corrected chi connectivity index (χ0v) is 11.1. The van der Waals surface area contributed by atoms with Gasteiger partial charge in [0.2, 0.25) is 5.91 Å². The first-order valence-corrected chi connectivity index (χ1v) is 6.50. The van der Waals surface area contributed by atoms with Gasteiger partial charge in [0.05, 0.1) is 17.7 Å². The number of hydrogen-bond acceptors (Lipinski definition) is 3. The van der Waals surface area contributed by atoms with Crippen LogP contribution < -0.4 is 10.1 Å². The van der Waals surface area contributed by atoms with E-state index in [9.17, 15) is 9.59 Å². The van der Waals surface area contributed by atoms with E-state index >= 15 is 0 Å². The molecule has 0 aromatic heterocycles. The highest BCUT2D eigenvalue weighted by Crippen LogP contribution is 2.33. The third-order valence-corrected chi connectivity index (χ3v) is 3.32. The number of amides is 1. The molecule has 0 aliphatic carbocycles. The number of carboxylic acids is 1. The van der Waals surface area contributed by atoms with Crippen molar-refractivity contribution in [2.45, 2.75) is 13.0 Å². The van der Waals surface area contributed by atoms with Crippen LogP contribution in [0.3, 0.4) is 0 Å². The molecule has 0 spiro atoms. The van der Waals surface area contributed by atoms with Crippen molar-refractivity contribution >= 4 is 17.6 Å². The van der Waals surface area contributed by atoms with Crippen LogP contribution in [0.25, 0.3) is 0 Å². The number of nitrogens with one attached hydrogen (secondary N) is 1. The first kappa shape index (κ1) is 13.2. The van der Waals surface area contributed by atoms with E-state index in [1.807, 2.05) is 12.1 Å². The van der Waals surface area contributed by atoms with E-state index < -0.39 is 5.97 Å². The number of carbonyl (C=O) groups excluding carboxylic acids is 1. The van der Waals surface area contributed by atoms with Gasteiger partial charge in [-0.15, -0.1) is 0 Å². The molecule has 0 saturated heterocycles. The maximum Gasteiger partial charge on any atom is 0.335 e. The predicted molar refractivity (Wildman–Crippen MR) is 76.5 cm³/mol. The Labute approximate surface area is 121 Å². The summed E-state index contributed by atoms with van der Waals surface area (Å²) in [7, 11) is 0. The van der Waals surface area contributed by atoms with Gasteiger partial charge in [-0.25, -0.2) is 4.79 Å². The van der Waals surface area contributed by atoms with Crippen LogP contribution >= 0.6 is 0 Å². The van der Waals surface area contributed by atoms with Crippen LogP contribution in [0.15, 0.2) is 42.5 Å². The van der Waals surface area contributed by atoms with Crippen molar-refractivity contribution in [1.82, 2.24) is 0 Å². The highest BCUT2D eigenvalue weighted by Gasteiger charge is 2.21. The Bertz CT molecular complexity index is 707. The van der Waals surface area contributed by atoms with Gasteiger partial charge in [-0.3, -0.25) is 4.79 Å². The molecular formula is C16H13NO4. The molecule has 2 aromatic carbocycles. The van der Waals surface area contributed by atoms with Crippen LogP contribution in [0.2, 0.25) is 0 Å². The molecule has 5 heteroatoms. The summed E-state index contributed by atoms with van der Waals surface area (Å²) in [5.41, 5.74) is 2.76. The summed E-state index contributed by atoms with van der Waals surface area (Å²) in [5, 5.41) is 11.6. The average molecular weight is 283 g/mol. The van der Waals surface area contributed by atoms with Crippen molar-refractivity contribution in [2.24, 2.45) is 0 Å². The fraction of sp³-hybridized carbons (Fsp3) is 0.125. The Kier molecular flexibility index (Phi) is 3.31. The highest BCUT2D eigenvalue weighted by molar-refractivity contribution is 6.00. The summed E-state index contributed by atoms with van der Waals surface area (Å²) in [5.74, 6) is -0.362. The van der Waals surface area contributed by atoms with Gasteiger partial charge in [0.15, 0.2) is 0 Å². The van der Waals surface area contributed by atoms with Crippen molar-refractivity contribution in [2.75, 3.05) is 5.32 Å². The SMILES string of the molecule is O=C1Cc2cccc(OCc3ccc(C(=O)O)cc3)c2N1. The Morgan fingerprint density at radius 2 is 1.95 bits per heavy atom. The summed E-state index contributed by atoms with van der Waals surface area (Å²) < 4.78 is 5.72. The molecule has 0 saturated carbocycles. The van der Waals surface area contributed by atoms with Gasteiger partial charge in [-0.2, -0.15) is 0 Å². The molecule has 0 atom stereocenters. The van der Waals surface area contributed by atoms with E-state index in [2.05, 4.69) is 5.32 Å². The summed E-state index contributed by atoms with van der Waals surface area (Å²) in [6.45, 7) is 0.312. The molecule has 3 rings (SSSR count). The highest BCUT2D eigenvalue weighted by atomic mass is 16.5. The van der Waals surface area contributed by atoms with Crippen molar-refractivity contribution in [3.8, 4) is 5.75 Å². The van der Waals surface area contributed by atoms with Crippen LogP contribution in [-0.4, -0.2) is 17.0 Å². The minimum Gasteiger partial charge on any atom is -0.487 e. The Morgan fingerprint density at radius 3 is 2.67 bits per heavy atom. The van der Waals surface area contributed by atoms with Gasteiger partial charge in [0.1, 0.15) is 12.4 Å². The number of aromatic carboxylic acids is 1. The second-order valence-electron chi connectivity index (χ2n) is 4.81. The van der Waals surface area contributed by atoms with Gasteiger partial charge in [0, 0.05) is 0 Å². The Hall–Kier alpha value is -2.82. The van der Waals surface area contributed by atoms with E-state index in [0.717, 1.165) is 16.8 Å². The molecule has 1 amide bonds. The third kappa shape index (κ3) is 2.72. The molecular weight excluding hydrogens is 270 g/mol. The van der Waals surface area contributed by atoms with Crippen molar-refractivity contribution in [1.29, 1.82) is 0 Å². The molecule has 0 radical (unpaired) electrons. The monoisotopic (exact) mass is 283 g/mol. The molecule has 106 valence electrons. The van der Waals surface area contributed by atoms with Gasteiger partial charge < -0.3 is 15.2 Å². The molecule has 2 N–H and O–H groups in total. The van der Waals surface area contributed by atoms with E-state index in [1.54, 1.807) is 18.2 Å². The molecule has 1 aliphatic rings. The van der Waals surface area contributed by atoms with E-state index in [4.69, 9.17) is 9.84 Å². The average Bonchev–Trinajstić information content (AvgIpc) is 2.86. The van der Waals surface area contributed by atoms with Gasteiger partial charge in [0.25, 0.3) is 0 Å². The van der Waals surface area contributed by atoms with Crippen LogP contribution in [0.4, 0.5) is 5.69 Å². The molecule has 0 unspecified atom stereocenters. The lowest BCUT2D eigenvalue weighted by Gasteiger charge is -2.10. The van der Waals surface area contributed by atoms with Crippen molar-refractivity contribution < 1.29 is 19.4 Å². The number of hydrogen-bond donors (Lipinski definition) is 2. The lowest BCUT2D eigenvalue weighted by atomic mass is 10.1. The first-order chi connectivity index (χ1) is 10.1. The second-order valence-corrected chi connectivity index (χ2v) is 4.81. The largest absolute Gasteiger partial charge is 0.487 e. The molecule has 1 heterocycles. The normalized spacial score (nSPS) is 12.7. The third-order valence-electron chi connectivity index (χ3n) is 3.32. The number of benzene rings is 2. The fourth-order valence-corrected chi connectivity index (χ4v) is 2.25. The van der Waals surface area contributed by atoms with Crippen LogP contribution in [0.5, 0.6) is 5.75 Å². The number of carboxylic acid groups (broad SMARTS) is 1. The second kappa shape index (κ2) is 5.28. The van der Waals surface area contributed by atoms with Crippen LogP contribution in [-0.2, 0) is 17.8 Å². The van der Waals surface area contributed by atoms with Crippen molar-refractivity contribution in [3.05, 3.63) is 59.2 Å². The lowest BCUT2D eigenvalue weighted by molar-refractivity contribution is -0.115. The number of carbonyl (C=O) groups is 2. The molecule has 2 aromatic rings. The molecule has 1 aliphatic heterocycles. The minimum absolute atomic E-state index is 0.0353. The summed E-state index contributed by atoms with van der Waals surface area (Å²) >= 11 is 0. The van der Waals surface area contributed by atoms with E-state index in [0.29, 0.717) is 18.8 Å². The maximum absolute atomic E-state index is 11.4. The van der Waals surface area contributed by atoms with E-state index in [-0.39, 0.29) is 11.5 Å².